The maximum Gasteiger partial charge on any atom is 0.0726 e. The summed E-state index contributed by atoms with van der Waals surface area (Å²) < 4.78 is 5.02. The summed E-state index contributed by atoms with van der Waals surface area (Å²) in [5.41, 5.74) is 19.6. The first kappa shape index (κ1) is 35.6. The SMILES string of the molecule is c1ccc(-c2ccc(N(c3ccc4c(c3)C3(c5ccccc5-c5ccccc53)c3ccccc3-4)c3ccc4sc5c(-n6c7ccccc7c7ccccc76)cccc5c4c3)cc2)cc1. The summed E-state index contributed by atoms with van der Waals surface area (Å²) >= 11 is 1.88. The Hall–Kier alpha value is -7.98. The van der Waals surface area contributed by atoms with E-state index < -0.39 is 5.41 Å². The molecule has 3 heteroatoms. The van der Waals surface area contributed by atoms with Crippen molar-refractivity contribution >= 4 is 70.4 Å². The molecule has 0 atom stereocenters. The summed E-state index contributed by atoms with van der Waals surface area (Å²) in [4.78, 5) is 2.47. The largest absolute Gasteiger partial charge is 0.310 e. The van der Waals surface area contributed by atoms with Crippen LogP contribution in [0.15, 0.2) is 231 Å². The van der Waals surface area contributed by atoms with Gasteiger partial charge < -0.3 is 9.47 Å². The second-order valence-electron chi connectivity index (χ2n) is 17.2. The van der Waals surface area contributed by atoms with Crippen LogP contribution in [0.3, 0.4) is 0 Å². The van der Waals surface area contributed by atoms with Crippen LogP contribution in [0.5, 0.6) is 0 Å². The van der Waals surface area contributed by atoms with E-state index in [-0.39, 0.29) is 0 Å². The monoisotopic (exact) mass is 830 g/mol. The molecule has 64 heavy (non-hydrogen) atoms. The molecule has 10 aromatic carbocycles. The molecule has 0 N–H and O–H groups in total. The van der Waals surface area contributed by atoms with E-state index in [0.717, 1.165) is 17.1 Å². The van der Waals surface area contributed by atoms with Crippen molar-refractivity contribution in [2.24, 2.45) is 0 Å². The van der Waals surface area contributed by atoms with E-state index in [1.54, 1.807) is 0 Å². The quantitative estimate of drug-likeness (QED) is 0.168. The Morgan fingerprint density at radius 3 is 1.50 bits per heavy atom. The fraction of sp³-hybridized carbons (Fsp3) is 0.0164. The topological polar surface area (TPSA) is 8.17 Å². The van der Waals surface area contributed by atoms with Crippen LogP contribution in [-0.4, -0.2) is 4.57 Å². The minimum absolute atomic E-state index is 0.436. The molecule has 1 spiro atoms. The zero-order valence-electron chi connectivity index (χ0n) is 34.7. The number of rotatable bonds is 5. The highest BCUT2D eigenvalue weighted by molar-refractivity contribution is 7.26. The van der Waals surface area contributed by atoms with Crippen molar-refractivity contribution < 1.29 is 0 Å². The number of fused-ring (bicyclic) bond motifs is 16. The van der Waals surface area contributed by atoms with E-state index in [0.29, 0.717) is 0 Å². The standard InChI is InChI=1S/C61H38N2S/c1-2-15-39(16-3-1)40-29-31-41(32-30-40)62(43-33-35-47-46-19-6-11-25-54(46)61(55(47)38-43)52-23-9-4-17-44(52)45-18-5-10-24-53(45)61)42-34-36-59-51(37-42)50-22-14-28-58(60(50)64-59)63-56-26-12-7-20-48(56)49-21-8-13-27-57(49)63/h1-38H. The van der Waals surface area contributed by atoms with Crippen LogP contribution in [0.25, 0.3) is 81.0 Å². The third-order valence-corrected chi connectivity index (χ3v) is 15.2. The van der Waals surface area contributed by atoms with Crippen LogP contribution in [0, 0.1) is 0 Å². The second-order valence-corrected chi connectivity index (χ2v) is 18.2. The summed E-state index contributed by atoms with van der Waals surface area (Å²) in [6, 6.07) is 85.7. The smallest absolute Gasteiger partial charge is 0.0726 e. The van der Waals surface area contributed by atoms with Gasteiger partial charge in [0.05, 0.1) is 26.8 Å². The molecule has 0 amide bonds. The molecule has 0 saturated carbocycles. The Morgan fingerprint density at radius 2 is 0.844 bits per heavy atom. The van der Waals surface area contributed by atoms with Crippen molar-refractivity contribution in [1.82, 2.24) is 4.57 Å². The van der Waals surface area contributed by atoms with Gasteiger partial charge in [0.25, 0.3) is 0 Å². The van der Waals surface area contributed by atoms with E-state index in [2.05, 4.69) is 240 Å². The number of benzene rings is 10. The summed E-state index contributed by atoms with van der Waals surface area (Å²) in [5, 5.41) is 5.07. The molecule has 0 fully saturated rings. The first-order valence-corrected chi connectivity index (χ1v) is 22.9. The lowest BCUT2D eigenvalue weighted by atomic mass is 9.70. The van der Waals surface area contributed by atoms with Crippen LogP contribution in [0.1, 0.15) is 22.3 Å². The van der Waals surface area contributed by atoms with Gasteiger partial charge in [-0.15, -0.1) is 11.3 Å². The van der Waals surface area contributed by atoms with Crippen LogP contribution < -0.4 is 4.90 Å². The van der Waals surface area contributed by atoms with Crippen molar-refractivity contribution in [2.75, 3.05) is 4.90 Å². The number of hydrogen-bond donors (Lipinski definition) is 0. The third-order valence-electron chi connectivity index (χ3n) is 14.0. The molecule has 2 aromatic heterocycles. The number of hydrogen-bond acceptors (Lipinski definition) is 2. The summed E-state index contributed by atoms with van der Waals surface area (Å²) in [7, 11) is 0. The predicted molar refractivity (Wildman–Crippen MR) is 270 cm³/mol. The maximum absolute atomic E-state index is 2.50. The highest BCUT2D eigenvalue weighted by Gasteiger charge is 2.51. The highest BCUT2D eigenvalue weighted by atomic mass is 32.1. The predicted octanol–water partition coefficient (Wildman–Crippen LogP) is 16.6. The number of thiophene rings is 1. The fourth-order valence-electron chi connectivity index (χ4n) is 11.4. The summed E-state index contributed by atoms with van der Waals surface area (Å²) in [6.45, 7) is 0. The van der Waals surface area contributed by atoms with E-state index >= 15 is 0 Å². The van der Waals surface area contributed by atoms with Gasteiger partial charge >= 0.3 is 0 Å². The number of nitrogens with zero attached hydrogens (tertiary/aromatic N) is 2. The van der Waals surface area contributed by atoms with Gasteiger partial charge in [0.2, 0.25) is 0 Å². The lowest BCUT2D eigenvalue weighted by molar-refractivity contribution is 0.793. The lowest BCUT2D eigenvalue weighted by Crippen LogP contribution is -2.26. The molecule has 0 unspecified atom stereocenters. The maximum atomic E-state index is 2.50. The Bertz CT molecular complexity index is 3740. The van der Waals surface area contributed by atoms with Crippen LogP contribution in [-0.2, 0) is 5.41 Å². The molecule has 298 valence electrons. The van der Waals surface area contributed by atoms with Gasteiger partial charge in [-0.1, -0.05) is 170 Å². The normalized spacial score (nSPS) is 13.1. The second kappa shape index (κ2) is 13.5. The molecular weight excluding hydrogens is 793 g/mol. The first-order chi connectivity index (χ1) is 31.8. The average Bonchev–Trinajstić information content (AvgIpc) is 4.08. The molecular formula is C61H38N2S. The molecule has 0 saturated heterocycles. The zero-order chi connectivity index (χ0) is 41.9. The van der Waals surface area contributed by atoms with Crippen LogP contribution in [0.4, 0.5) is 17.1 Å². The van der Waals surface area contributed by atoms with E-state index in [9.17, 15) is 0 Å². The van der Waals surface area contributed by atoms with Crippen molar-refractivity contribution in [1.29, 1.82) is 0 Å². The minimum Gasteiger partial charge on any atom is -0.310 e. The van der Waals surface area contributed by atoms with Gasteiger partial charge in [-0.2, -0.15) is 0 Å². The van der Waals surface area contributed by atoms with Crippen molar-refractivity contribution in [2.45, 2.75) is 5.41 Å². The van der Waals surface area contributed by atoms with E-state index in [1.165, 1.54) is 103 Å². The molecule has 2 heterocycles. The van der Waals surface area contributed by atoms with E-state index in [4.69, 9.17) is 0 Å². The number of aromatic nitrogens is 1. The molecule has 0 bridgehead atoms. The minimum atomic E-state index is -0.436. The van der Waals surface area contributed by atoms with Crippen LogP contribution >= 0.6 is 11.3 Å². The van der Waals surface area contributed by atoms with Crippen LogP contribution in [0.2, 0.25) is 0 Å². The van der Waals surface area contributed by atoms with Crippen molar-refractivity contribution in [3.63, 3.8) is 0 Å². The Kier molecular flexibility index (Phi) is 7.51. The Morgan fingerprint density at radius 1 is 0.344 bits per heavy atom. The molecule has 12 aromatic rings. The fourth-order valence-corrected chi connectivity index (χ4v) is 12.6. The van der Waals surface area contributed by atoms with Gasteiger partial charge in [0, 0.05) is 43.3 Å². The Labute approximate surface area is 375 Å². The summed E-state index contributed by atoms with van der Waals surface area (Å²) in [6.07, 6.45) is 0. The van der Waals surface area contributed by atoms with Gasteiger partial charge in [0.15, 0.2) is 0 Å². The van der Waals surface area contributed by atoms with Gasteiger partial charge in [-0.25, -0.2) is 0 Å². The van der Waals surface area contributed by atoms with Crippen molar-refractivity contribution in [3.05, 3.63) is 253 Å². The first-order valence-electron chi connectivity index (χ1n) is 22.1. The van der Waals surface area contributed by atoms with Gasteiger partial charge in [0.1, 0.15) is 0 Å². The zero-order valence-corrected chi connectivity index (χ0v) is 35.6. The average molecular weight is 831 g/mol. The highest BCUT2D eigenvalue weighted by Crippen LogP contribution is 2.63. The summed E-state index contributed by atoms with van der Waals surface area (Å²) in [5.74, 6) is 0. The Balaban J connectivity index is 0.994. The van der Waals surface area contributed by atoms with Gasteiger partial charge in [-0.05, 0) is 116 Å². The molecule has 2 aliphatic carbocycles. The lowest BCUT2D eigenvalue weighted by Gasteiger charge is -2.32. The molecule has 14 rings (SSSR count). The third kappa shape index (κ3) is 4.85. The molecule has 0 radical (unpaired) electrons. The molecule has 2 aliphatic rings. The number of para-hydroxylation sites is 2. The molecule has 0 aliphatic heterocycles. The van der Waals surface area contributed by atoms with Crippen molar-refractivity contribution in [3.8, 4) is 39.1 Å². The molecule has 2 nitrogen and oxygen atoms in total. The van der Waals surface area contributed by atoms with Gasteiger partial charge in [-0.3, -0.25) is 0 Å². The van der Waals surface area contributed by atoms with E-state index in [1.807, 2.05) is 11.3 Å². The number of anilines is 3.